The first-order valence-electron chi connectivity index (χ1n) is 6.12. The average molecular weight is 284 g/mol. The minimum Gasteiger partial charge on any atom is -0.360 e. The van der Waals surface area contributed by atoms with Crippen LogP contribution in [0.1, 0.15) is 15.9 Å². The number of aromatic amines is 1. The summed E-state index contributed by atoms with van der Waals surface area (Å²) >= 11 is 0. The van der Waals surface area contributed by atoms with Crippen molar-refractivity contribution in [2.24, 2.45) is 0 Å². The van der Waals surface area contributed by atoms with E-state index in [9.17, 15) is 19.3 Å². The van der Waals surface area contributed by atoms with Crippen LogP contribution >= 0.6 is 0 Å². The molecule has 1 heterocycles. The summed E-state index contributed by atoms with van der Waals surface area (Å²) in [5, 5.41) is 11.3. The molecule has 21 heavy (non-hydrogen) atoms. The number of aromatic nitrogens is 1. The molecule has 0 fully saturated rings. The first-order valence-corrected chi connectivity index (χ1v) is 6.12. The van der Waals surface area contributed by atoms with Gasteiger partial charge in [-0.15, -0.1) is 0 Å². The van der Waals surface area contributed by atoms with E-state index in [2.05, 4.69) is 4.98 Å². The summed E-state index contributed by atoms with van der Waals surface area (Å²) in [6.45, 7) is 0. The third-order valence-electron chi connectivity index (χ3n) is 3.21. The number of ketones is 1. The van der Waals surface area contributed by atoms with Gasteiger partial charge in [0, 0.05) is 40.4 Å². The minimum absolute atomic E-state index is 0.101. The monoisotopic (exact) mass is 284 g/mol. The van der Waals surface area contributed by atoms with Crippen LogP contribution in [-0.4, -0.2) is 15.7 Å². The summed E-state index contributed by atoms with van der Waals surface area (Å²) in [5.74, 6) is -0.895. The van der Waals surface area contributed by atoms with Gasteiger partial charge < -0.3 is 4.98 Å². The van der Waals surface area contributed by atoms with Gasteiger partial charge in [0.25, 0.3) is 5.69 Å². The lowest BCUT2D eigenvalue weighted by molar-refractivity contribution is -0.384. The molecule has 0 saturated heterocycles. The lowest BCUT2D eigenvalue weighted by Gasteiger charge is -2.00. The van der Waals surface area contributed by atoms with Gasteiger partial charge in [-0.2, -0.15) is 0 Å². The van der Waals surface area contributed by atoms with Crippen molar-refractivity contribution in [3.05, 3.63) is 75.7 Å². The third-order valence-corrected chi connectivity index (χ3v) is 3.21. The molecule has 0 saturated carbocycles. The van der Waals surface area contributed by atoms with E-state index in [0.717, 1.165) is 6.07 Å². The van der Waals surface area contributed by atoms with Crippen LogP contribution in [0, 0.1) is 15.9 Å². The number of rotatable bonds is 3. The Morgan fingerprint density at radius 1 is 1.19 bits per heavy atom. The number of benzene rings is 2. The van der Waals surface area contributed by atoms with Crippen molar-refractivity contribution in [2.75, 3.05) is 0 Å². The highest BCUT2D eigenvalue weighted by Gasteiger charge is 2.17. The largest absolute Gasteiger partial charge is 0.360 e. The van der Waals surface area contributed by atoms with Crippen molar-refractivity contribution < 1.29 is 14.1 Å². The van der Waals surface area contributed by atoms with Crippen molar-refractivity contribution in [3.8, 4) is 0 Å². The highest BCUT2D eigenvalue weighted by molar-refractivity contribution is 6.16. The first-order chi connectivity index (χ1) is 10.1. The molecule has 104 valence electrons. The predicted molar refractivity (Wildman–Crippen MR) is 74.8 cm³/mol. The van der Waals surface area contributed by atoms with Crippen LogP contribution in [-0.2, 0) is 0 Å². The smallest absolute Gasteiger partial charge is 0.270 e. The summed E-state index contributed by atoms with van der Waals surface area (Å²) in [6, 6.07) is 9.56. The van der Waals surface area contributed by atoms with Crippen LogP contribution < -0.4 is 0 Å². The van der Waals surface area contributed by atoms with E-state index in [0.29, 0.717) is 10.9 Å². The predicted octanol–water partition coefficient (Wildman–Crippen LogP) is 3.45. The number of non-ortho nitro benzene ring substituents is 1. The van der Waals surface area contributed by atoms with Crippen LogP contribution in [0.3, 0.4) is 0 Å². The summed E-state index contributed by atoms with van der Waals surface area (Å²) in [7, 11) is 0. The lowest BCUT2D eigenvalue weighted by Crippen LogP contribution is -2.00. The molecule has 1 N–H and O–H groups in total. The molecule has 6 heteroatoms. The second kappa shape index (κ2) is 4.82. The first kappa shape index (κ1) is 13.0. The molecule has 0 spiro atoms. The Hall–Kier alpha value is -3.02. The third kappa shape index (κ3) is 2.27. The average Bonchev–Trinajstić information content (AvgIpc) is 2.89. The highest BCUT2D eigenvalue weighted by atomic mass is 19.1. The molecule has 0 aliphatic heterocycles. The molecule has 0 atom stereocenters. The van der Waals surface area contributed by atoms with Crippen molar-refractivity contribution in [3.63, 3.8) is 0 Å². The van der Waals surface area contributed by atoms with Gasteiger partial charge in [-0.05, 0) is 18.2 Å². The summed E-state index contributed by atoms with van der Waals surface area (Å²) in [4.78, 5) is 25.6. The van der Waals surface area contributed by atoms with Gasteiger partial charge in [-0.3, -0.25) is 14.9 Å². The summed E-state index contributed by atoms with van der Waals surface area (Å²) in [5.41, 5.74) is 0.984. The Balaban J connectivity index is 2.14. The van der Waals surface area contributed by atoms with Crippen LogP contribution in [0.25, 0.3) is 10.9 Å². The summed E-state index contributed by atoms with van der Waals surface area (Å²) in [6.07, 6.45) is 1.47. The topological polar surface area (TPSA) is 76.0 Å². The van der Waals surface area contributed by atoms with Gasteiger partial charge >= 0.3 is 0 Å². The Morgan fingerprint density at radius 2 is 2.00 bits per heavy atom. The fraction of sp³-hybridized carbons (Fsp3) is 0. The van der Waals surface area contributed by atoms with Crippen LogP contribution in [0.4, 0.5) is 10.1 Å². The Kier molecular flexibility index (Phi) is 2.98. The van der Waals surface area contributed by atoms with Gasteiger partial charge in [0.15, 0.2) is 5.78 Å². The van der Waals surface area contributed by atoms with Crippen LogP contribution in [0.15, 0.2) is 48.7 Å². The van der Waals surface area contributed by atoms with E-state index in [4.69, 9.17) is 0 Å². The number of carbonyl (C=O) groups excluding carboxylic acids is 1. The van der Waals surface area contributed by atoms with E-state index in [1.165, 1.54) is 42.6 Å². The number of carbonyl (C=O) groups is 1. The molecule has 0 bridgehead atoms. The number of nitro benzene ring substituents is 1. The second-order valence-electron chi connectivity index (χ2n) is 4.53. The molecule has 0 aliphatic rings. The summed E-state index contributed by atoms with van der Waals surface area (Å²) < 4.78 is 13.2. The van der Waals surface area contributed by atoms with Crippen LogP contribution in [0.2, 0.25) is 0 Å². The zero-order valence-corrected chi connectivity index (χ0v) is 10.7. The molecule has 5 nitrogen and oxygen atoms in total. The molecule has 0 radical (unpaired) electrons. The Bertz CT molecular complexity index is 870. The fourth-order valence-corrected chi connectivity index (χ4v) is 2.20. The Morgan fingerprint density at radius 3 is 2.71 bits per heavy atom. The lowest BCUT2D eigenvalue weighted by atomic mass is 10.0. The fourth-order valence-electron chi connectivity index (χ4n) is 2.20. The zero-order chi connectivity index (χ0) is 15.0. The van der Waals surface area contributed by atoms with E-state index >= 15 is 0 Å². The van der Waals surface area contributed by atoms with Gasteiger partial charge in [-0.25, -0.2) is 4.39 Å². The molecular weight excluding hydrogens is 275 g/mol. The number of fused-ring (bicyclic) bond motifs is 1. The van der Waals surface area contributed by atoms with Crippen molar-refractivity contribution in [1.82, 2.24) is 4.98 Å². The standard InChI is InChI=1S/C15H9FN2O3/c16-10-3-1-2-9(6-10)15(19)13-8-17-14-5-4-11(18(20)21)7-12(13)14/h1-8,17H. The number of nitro groups is 1. The minimum atomic E-state index is -0.525. The molecule has 0 unspecified atom stereocenters. The maximum atomic E-state index is 13.2. The van der Waals surface area contributed by atoms with Crippen molar-refractivity contribution in [1.29, 1.82) is 0 Å². The molecule has 1 aromatic heterocycles. The number of H-pyrrole nitrogens is 1. The quantitative estimate of drug-likeness (QED) is 0.454. The molecule has 3 rings (SSSR count). The molecule has 3 aromatic rings. The number of hydrogen-bond donors (Lipinski definition) is 1. The molecule has 0 amide bonds. The van der Waals surface area contributed by atoms with E-state index in [1.54, 1.807) is 0 Å². The van der Waals surface area contributed by atoms with Gasteiger partial charge in [-0.1, -0.05) is 12.1 Å². The van der Waals surface area contributed by atoms with Crippen molar-refractivity contribution in [2.45, 2.75) is 0 Å². The van der Waals surface area contributed by atoms with Gasteiger partial charge in [0.2, 0.25) is 0 Å². The number of hydrogen-bond acceptors (Lipinski definition) is 3. The van der Waals surface area contributed by atoms with E-state index < -0.39 is 10.7 Å². The number of nitrogens with one attached hydrogen (secondary N) is 1. The maximum Gasteiger partial charge on any atom is 0.270 e. The number of nitrogens with zero attached hydrogens (tertiary/aromatic N) is 1. The van der Waals surface area contributed by atoms with Gasteiger partial charge in [0.1, 0.15) is 5.82 Å². The highest BCUT2D eigenvalue weighted by Crippen LogP contribution is 2.25. The molecular formula is C15H9FN2O3. The van der Waals surface area contributed by atoms with Crippen molar-refractivity contribution >= 4 is 22.4 Å². The number of halogens is 1. The maximum absolute atomic E-state index is 13.2. The normalized spacial score (nSPS) is 10.7. The second-order valence-corrected chi connectivity index (χ2v) is 4.53. The van der Waals surface area contributed by atoms with E-state index in [1.807, 2.05) is 0 Å². The molecule has 0 aliphatic carbocycles. The Labute approximate surface area is 118 Å². The molecule has 2 aromatic carbocycles. The van der Waals surface area contributed by atoms with E-state index in [-0.39, 0.29) is 22.6 Å². The zero-order valence-electron chi connectivity index (χ0n) is 10.7. The SMILES string of the molecule is O=C(c1cccc(F)c1)c1c[nH]c2ccc([N+](=O)[O-])cc12. The van der Waals surface area contributed by atoms with Gasteiger partial charge in [0.05, 0.1) is 4.92 Å². The van der Waals surface area contributed by atoms with Crippen LogP contribution in [0.5, 0.6) is 0 Å².